The average Bonchev–Trinajstić information content (AvgIpc) is 2.69. The van der Waals surface area contributed by atoms with Crippen molar-refractivity contribution in [2.24, 2.45) is 12.8 Å². The SMILES string of the molecule is Cc1nnc(COc2c(Cl)cc(Cl)cc2CCN)n1C. The van der Waals surface area contributed by atoms with Gasteiger partial charge in [-0.15, -0.1) is 10.2 Å². The fraction of sp³-hybridized carbons (Fsp3) is 0.385. The molecule has 1 heterocycles. The van der Waals surface area contributed by atoms with E-state index in [1.165, 1.54) is 0 Å². The van der Waals surface area contributed by atoms with Crippen molar-refractivity contribution >= 4 is 23.2 Å². The first-order valence-corrected chi connectivity index (χ1v) is 6.94. The van der Waals surface area contributed by atoms with Gasteiger partial charge in [-0.3, -0.25) is 0 Å². The van der Waals surface area contributed by atoms with Gasteiger partial charge in [0, 0.05) is 12.1 Å². The molecule has 0 aliphatic heterocycles. The van der Waals surface area contributed by atoms with Gasteiger partial charge in [0.25, 0.3) is 0 Å². The van der Waals surface area contributed by atoms with Crippen molar-refractivity contribution in [2.75, 3.05) is 6.54 Å². The Hall–Kier alpha value is -1.30. The predicted molar refractivity (Wildman–Crippen MR) is 79.3 cm³/mol. The highest BCUT2D eigenvalue weighted by Crippen LogP contribution is 2.33. The zero-order valence-corrected chi connectivity index (χ0v) is 12.9. The smallest absolute Gasteiger partial charge is 0.170 e. The molecule has 0 radical (unpaired) electrons. The van der Waals surface area contributed by atoms with Crippen LogP contribution in [-0.2, 0) is 20.1 Å². The summed E-state index contributed by atoms with van der Waals surface area (Å²) in [6.45, 7) is 2.66. The monoisotopic (exact) mass is 314 g/mol. The quantitative estimate of drug-likeness (QED) is 0.921. The van der Waals surface area contributed by atoms with Crippen LogP contribution in [0.4, 0.5) is 0 Å². The van der Waals surface area contributed by atoms with Crippen molar-refractivity contribution in [1.82, 2.24) is 14.8 Å². The van der Waals surface area contributed by atoms with Crippen LogP contribution in [0.1, 0.15) is 17.2 Å². The Labute approximate surface area is 127 Å². The Balaban J connectivity index is 2.22. The highest BCUT2D eigenvalue weighted by atomic mass is 35.5. The number of aromatic nitrogens is 3. The minimum absolute atomic E-state index is 0.288. The first-order valence-electron chi connectivity index (χ1n) is 6.18. The van der Waals surface area contributed by atoms with Gasteiger partial charge < -0.3 is 15.0 Å². The van der Waals surface area contributed by atoms with Crippen molar-refractivity contribution in [1.29, 1.82) is 0 Å². The van der Waals surface area contributed by atoms with E-state index in [-0.39, 0.29) is 6.61 Å². The Morgan fingerprint density at radius 1 is 1.30 bits per heavy atom. The standard InChI is InChI=1S/C13H16Cl2N4O/c1-8-17-18-12(19(8)2)7-20-13-9(3-4-16)5-10(14)6-11(13)15/h5-6H,3-4,7,16H2,1-2H3. The molecule has 2 N–H and O–H groups in total. The molecule has 1 aromatic heterocycles. The van der Waals surface area contributed by atoms with Gasteiger partial charge >= 0.3 is 0 Å². The lowest BCUT2D eigenvalue weighted by atomic mass is 10.1. The van der Waals surface area contributed by atoms with Crippen LogP contribution >= 0.6 is 23.2 Å². The van der Waals surface area contributed by atoms with Crippen LogP contribution in [0.2, 0.25) is 10.0 Å². The van der Waals surface area contributed by atoms with E-state index in [2.05, 4.69) is 10.2 Å². The first kappa shape index (κ1) is 15.1. The molecule has 5 nitrogen and oxygen atoms in total. The van der Waals surface area contributed by atoms with Gasteiger partial charge in [-0.2, -0.15) is 0 Å². The number of aryl methyl sites for hydroxylation is 1. The molecule has 0 atom stereocenters. The van der Waals surface area contributed by atoms with Gasteiger partial charge in [-0.25, -0.2) is 0 Å². The number of benzene rings is 1. The lowest BCUT2D eigenvalue weighted by Gasteiger charge is -2.13. The van der Waals surface area contributed by atoms with Gasteiger partial charge in [0.15, 0.2) is 5.82 Å². The van der Waals surface area contributed by atoms with Crippen LogP contribution < -0.4 is 10.5 Å². The van der Waals surface area contributed by atoms with Gasteiger partial charge in [0.1, 0.15) is 18.2 Å². The summed E-state index contributed by atoms with van der Waals surface area (Å²) in [5.74, 6) is 2.15. The zero-order valence-electron chi connectivity index (χ0n) is 11.4. The van der Waals surface area contributed by atoms with E-state index >= 15 is 0 Å². The molecule has 20 heavy (non-hydrogen) atoms. The van der Waals surface area contributed by atoms with Gasteiger partial charge in [-0.1, -0.05) is 23.2 Å². The van der Waals surface area contributed by atoms with E-state index in [4.69, 9.17) is 33.7 Å². The van der Waals surface area contributed by atoms with E-state index in [9.17, 15) is 0 Å². The van der Waals surface area contributed by atoms with Crippen molar-refractivity contribution in [2.45, 2.75) is 20.0 Å². The summed E-state index contributed by atoms with van der Waals surface area (Å²) in [5.41, 5.74) is 6.49. The third-order valence-electron chi connectivity index (χ3n) is 3.03. The Kier molecular flexibility index (Phi) is 4.86. The fourth-order valence-corrected chi connectivity index (χ4v) is 2.42. The normalized spacial score (nSPS) is 10.8. The molecule has 0 spiro atoms. The van der Waals surface area contributed by atoms with E-state index in [0.717, 1.165) is 17.2 Å². The number of nitrogens with zero attached hydrogens (tertiary/aromatic N) is 3. The van der Waals surface area contributed by atoms with Gasteiger partial charge in [-0.05, 0) is 37.6 Å². The van der Waals surface area contributed by atoms with Crippen LogP contribution in [0.3, 0.4) is 0 Å². The second-order valence-corrected chi connectivity index (χ2v) is 5.27. The lowest BCUT2D eigenvalue weighted by Crippen LogP contribution is -2.08. The number of hydrogen-bond donors (Lipinski definition) is 1. The summed E-state index contributed by atoms with van der Waals surface area (Å²) < 4.78 is 7.65. The number of halogens is 2. The van der Waals surface area contributed by atoms with Crippen molar-refractivity contribution in [3.05, 3.63) is 39.4 Å². The van der Waals surface area contributed by atoms with Crippen LogP contribution in [0.15, 0.2) is 12.1 Å². The molecule has 1 aromatic carbocycles. The van der Waals surface area contributed by atoms with Crippen LogP contribution in [0.25, 0.3) is 0 Å². The number of rotatable bonds is 5. The largest absolute Gasteiger partial charge is 0.484 e. The molecular formula is C13H16Cl2N4O. The molecule has 7 heteroatoms. The summed E-state index contributed by atoms with van der Waals surface area (Å²) in [6, 6.07) is 3.47. The molecular weight excluding hydrogens is 299 g/mol. The Bertz CT molecular complexity index is 613. The van der Waals surface area contributed by atoms with Crippen molar-refractivity contribution in [3.8, 4) is 5.75 Å². The average molecular weight is 315 g/mol. The van der Waals surface area contributed by atoms with Crippen molar-refractivity contribution < 1.29 is 4.74 Å². The van der Waals surface area contributed by atoms with Crippen LogP contribution in [-0.4, -0.2) is 21.3 Å². The second-order valence-electron chi connectivity index (χ2n) is 4.43. The van der Waals surface area contributed by atoms with Gasteiger partial charge in [0.2, 0.25) is 0 Å². The maximum atomic E-state index is 6.19. The molecule has 0 aliphatic carbocycles. The van der Waals surface area contributed by atoms with Gasteiger partial charge in [0.05, 0.1) is 5.02 Å². The van der Waals surface area contributed by atoms with E-state index in [1.54, 1.807) is 6.07 Å². The van der Waals surface area contributed by atoms with E-state index in [0.29, 0.717) is 28.8 Å². The molecule has 0 aliphatic rings. The zero-order chi connectivity index (χ0) is 14.7. The number of ether oxygens (including phenoxy) is 1. The molecule has 108 valence electrons. The maximum Gasteiger partial charge on any atom is 0.170 e. The fourth-order valence-electron chi connectivity index (χ4n) is 1.83. The molecule has 0 fully saturated rings. The molecule has 0 bridgehead atoms. The highest BCUT2D eigenvalue weighted by molar-refractivity contribution is 6.35. The lowest BCUT2D eigenvalue weighted by molar-refractivity contribution is 0.288. The Morgan fingerprint density at radius 2 is 2.05 bits per heavy atom. The molecule has 0 unspecified atom stereocenters. The number of nitrogens with two attached hydrogens (primary N) is 1. The highest BCUT2D eigenvalue weighted by Gasteiger charge is 2.12. The summed E-state index contributed by atoms with van der Waals surface area (Å²) in [7, 11) is 1.89. The second kappa shape index (κ2) is 6.43. The summed E-state index contributed by atoms with van der Waals surface area (Å²) in [5, 5.41) is 9.07. The number of hydrogen-bond acceptors (Lipinski definition) is 4. The van der Waals surface area contributed by atoms with Crippen LogP contribution in [0, 0.1) is 6.92 Å². The Morgan fingerprint density at radius 3 is 2.65 bits per heavy atom. The summed E-state index contributed by atoms with van der Waals surface area (Å²) in [6.07, 6.45) is 0.646. The first-order chi connectivity index (χ1) is 9.52. The third-order valence-corrected chi connectivity index (χ3v) is 3.53. The van der Waals surface area contributed by atoms with Crippen molar-refractivity contribution in [3.63, 3.8) is 0 Å². The topological polar surface area (TPSA) is 66.0 Å². The summed E-state index contributed by atoms with van der Waals surface area (Å²) in [4.78, 5) is 0. The molecule has 0 saturated heterocycles. The molecule has 0 amide bonds. The predicted octanol–water partition coefficient (Wildman–Crippen LogP) is 2.51. The maximum absolute atomic E-state index is 6.19. The van der Waals surface area contributed by atoms with E-state index in [1.807, 2.05) is 24.6 Å². The van der Waals surface area contributed by atoms with E-state index < -0.39 is 0 Å². The van der Waals surface area contributed by atoms with Crippen LogP contribution in [0.5, 0.6) is 5.75 Å². The molecule has 2 rings (SSSR count). The summed E-state index contributed by atoms with van der Waals surface area (Å²) >= 11 is 12.2. The minimum atomic E-state index is 0.288. The minimum Gasteiger partial charge on any atom is -0.484 e. The molecule has 0 saturated carbocycles. The molecule has 2 aromatic rings. The third kappa shape index (κ3) is 3.23.